The van der Waals surface area contributed by atoms with Gasteiger partial charge in [-0.1, -0.05) is 0 Å². The zero-order chi connectivity index (χ0) is 13.5. The molecular weight excluding hydrogens is 260 g/mol. The second-order valence-corrected chi connectivity index (χ2v) is 6.51. The molecule has 1 atom stereocenters. The molecule has 2 aromatic rings. The molecule has 19 heavy (non-hydrogen) atoms. The van der Waals surface area contributed by atoms with Crippen LogP contribution < -0.4 is 5.73 Å². The van der Waals surface area contributed by atoms with Crippen molar-refractivity contribution >= 4 is 27.5 Å². The van der Waals surface area contributed by atoms with Crippen molar-refractivity contribution in [3.63, 3.8) is 0 Å². The topological polar surface area (TPSA) is 95.6 Å². The lowest BCUT2D eigenvalue weighted by molar-refractivity contribution is 0.585. The molecule has 0 radical (unpaired) electrons. The highest BCUT2D eigenvalue weighted by Crippen LogP contribution is 2.49. The zero-order valence-electron chi connectivity index (χ0n) is 10.3. The van der Waals surface area contributed by atoms with Crippen molar-refractivity contribution in [2.75, 3.05) is 11.5 Å². The van der Waals surface area contributed by atoms with Crippen LogP contribution in [0.3, 0.4) is 0 Å². The number of hydrogen-bond donors (Lipinski definition) is 2. The Labute approximate surface area is 113 Å². The minimum absolute atomic E-state index is 0.0440. The summed E-state index contributed by atoms with van der Waals surface area (Å²) in [5.41, 5.74) is 7.87. The highest BCUT2D eigenvalue weighted by Gasteiger charge is 2.44. The molecule has 3 rings (SSSR count). The molecule has 1 aliphatic carbocycles. The van der Waals surface area contributed by atoms with E-state index in [1.165, 1.54) is 0 Å². The first-order valence-corrected chi connectivity index (χ1v) is 7.44. The quantitative estimate of drug-likeness (QED) is 0.833. The van der Waals surface area contributed by atoms with Crippen molar-refractivity contribution in [1.82, 2.24) is 9.97 Å². The van der Waals surface area contributed by atoms with Gasteiger partial charge in [0.2, 0.25) is 0 Å². The molecule has 1 aliphatic rings. The number of nitriles is 1. The van der Waals surface area contributed by atoms with Gasteiger partial charge in [0.05, 0.1) is 27.9 Å². The van der Waals surface area contributed by atoms with E-state index in [1.807, 2.05) is 6.07 Å². The van der Waals surface area contributed by atoms with Crippen molar-refractivity contribution in [3.05, 3.63) is 18.2 Å². The van der Waals surface area contributed by atoms with E-state index in [0.717, 1.165) is 23.9 Å². The molecule has 3 N–H and O–H groups in total. The molecule has 1 aromatic heterocycles. The van der Waals surface area contributed by atoms with Gasteiger partial charge in [-0.2, -0.15) is 5.26 Å². The van der Waals surface area contributed by atoms with Gasteiger partial charge in [0.25, 0.3) is 0 Å². The first-order valence-electron chi connectivity index (χ1n) is 6.12. The van der Waals surface area contributed by atoms with Crippen molar-refractivity contribution < 1.29 is 4.21 Å². The molecule has 1 heterocycles. The fraction of sp³-hybridized carbons (Fsp3) is 0.385. The fourth-order valence-corrected chi connectivity index (χ4v) is 3.68. The van der Waals surface area contributed by atoms with Gasteiger partial charge in [0, 0.05) is 17.9 Å². The molecule has 0 bridgehead atoms. The van der Waals surface area contributed by atoms with Crippen molar-refractivity contribution in [3.8, 4) is 6.07 Å². The van der Waals surface area contributed by atoms with Gasteiger partial charge >= 0.3 is 0 Å². The van der Waals surface area contributed by atoms with Crippen molar-refractivity contribution in [2.24, 2.45) is 5.41 Å². The normalized spacial score (nSPS) is 18.1. The monoisotopic (exact) mass is 274 g/mol. The van der Waals surface area contributed by atoms with Crippen LogP contribution in [0.5, 0.6) is 0 Å². The van der Waals surface area contributed by atoms with Crippen LogP contribution >= 0.6 is 0 Å². The number of hydrogen-bond acceptors (Lipinski definition) is 4. The average molecular weight is 274 g/mol. The molecule has 0 saturated heterocycles. The van der Waals surface area contributed by atoms with E-state index in [-0.39, 0.29) is 5.41 Å². The molecule has 1 fully saturated rings. The highest BCUT2D eigenvalue weighted by molar-refractivity contribution is 7.84. The van der Waals surface area contributed by atoms with Gasteiger partial charge in [-0.05, 0) is 36.5 Å². The van der Waals surface area contributed by atoms with Crippen LogP contribution in [0, 0.1) is 16.7 Å². The Morgan fingerprint density at radius 1 is 1.53 bits per heavy atom. The summed E-state index contributed by atoms with van der Waals surface area (Å²) in [5.74, 6) is 0.510. The number of benzene rings is 1. The maximum absolute atomic E-state index is 12.3. The lowest BCUT2D eigenvalue weighted by Crippen LogP contribution is -2.12. The highest BCUT2D eigenvalue weighted by atomic mass is 32.2. The average Bonchev–Trinajstić information content (AvgIpc) is 2.98. The van der Waals surface area contributed by atoms with Gasteiger partial charge in [-0.3, -0.25) is 4.21 Å². The van der Waals surface area contributed by atoms with E-state index in [0.29, 0.717) is 23.0 Å². The van der Waals surface area contributed by atoms with E-state index in [1.54, 1.807) is 12.1 Å². The maximum atomic E-state index is 12.3. The summed E-state index contributed by atoms with van der Waals surface area (Å²) in [6, 6.07) is 7.54. The Morgan fingerprint density at radius 2 is 2.32 bits per heavy atom. The molecule has 1 aromatic carbocycles. The van der Waals surface area contributed by atoms with Crippen LogP contribution in [0.4, 0.5) is 5.69 Å². The van der Waals surface area contributed by atoms with E-state index >= 15 is 0 Å². The molecule has 1 saturated carbocycles. The van der Waals surface area contributed by atoms with E-state index < -0.39 is 10.8 Å². The number of anilines is 1. The minimum Gasteiger partial charge on any atom is -0.399 e. The Hall–Kier alpha value is -1.87. The summed E-state index contributed by atoms with van der Waals surface area (Å²) in [6.07, 6.45) is 2.45. The first kappa shape index (κ1) is 12.2. The maximum Gasteiger partial charge on any atom is 0.197 e. The summed E-state index contributed by atoms with van der Waals surface area (Å²) in [5, 5.41) is 9.26. The van der Waals surface area contributed by atoms with Crippen LogP contribution in [-0.2, 0) is 10.8 Å². The lowest BCUT2D eigenvalue weighted by Gasteiger charge is -2.07. The molecule has 5 nitrogen and oxygen atoms in total. The number of imidazole rings is 1. The Morgan fingerprint density at radius 3 is 3.00 bits per heavy atom. The smallest absolute Gasteiger partial charge is 0.197 e. The number of nitrogen functional groups attached to an aromatic ring is 1. The third-order valence-electron chi connectivity index (χ3n) is 3.55. The van der Waals surface area contributed by atoms with Crippen LogP contribution in [0.1, 0.15) is 19.3 Å². The van der Waals surface area contributed by atoms with Crippen molar-refractivity contribution in [2.45, 2.75) is 24.4 Å². The van der Waals surface area contributed by atoms with Gasteiger partial charge in [0.1, 0.15) is 0 Å². The lowest BCUT2D eigenvalue weighted by atomic mass is 10.1. The number of nitrogens with one attached hydrogen (secondary N) is 1. The number of aromatic amines is 1. The van der Waals surface area contributed by atoms with Crippen LogP contribution in [0.15, 0.2) is 23.4 Å². The number of fused-ring (bicyclic) bond motifs is 1. The van der Waals surface area contributed by atoms with Gasteiger partial charge in [-0.15, -0.1) is 0 Å². The summed E-state index contributed by atoms with van der Waals surface area (Å²) in [6.45, 7) is 0. The van der Waals surface area contributed by atoms with E-state index in [2.05, 4.69) is 16.0 Å². The molecule has 0 aliphatic heterocycles. The summed E-state index contributed by atoms with van der Waals surface area (Å²) in [4.78, 5) is 7.39. The van der Waals surface area contributed by atoms with Gasteiger partial charge < -0.3 is 10.7 Å². The second kappa shape index (κ2) is 4.35. The zero-order valence-corrected chi connectivity index (χ0v) is 11.2. The third kappa shape index (κ3) is 2.34. The van der Waals surface area contributed by atoms with Gasteiger partial charge in [0.15, 0.2) is 5.16 Å². The second-order valence-electron chi connectivity index (χ2n) is 5.14. The van der Waals surface area contributed by atoms with Crippen LogP contribution in [0.2, 0.25) is 0 Å². The van der Waals surface area contributed by atoms with E-state index in [9.17, 15) is 4.21 Å². The van der Waals surface area contributed by atoms with Gasteiger partial charge in [-0.25, -0.2) is 4.98 Å². The predicted molar refractivity (Wildman–Crippen MR) is 73.7 cm³/mol. The molecule has 6 heteroatoms. The minimum atomic E-state index is -1.19. The number of rotatable bonds is 4. The summed E-state index contributed by atoms with van der Waals surface area (Å²) in [7, 11) is -1.19. The van der Waals surface area contributed by atoms with Crippen LogP contribution in [-0.4, -0.2) is 19.9 Å². The summed E-state index contributed by atoms with van der Waals surface area (Å²) >= 11 is 0. The third-order valence-corrected chi connectivity index (χ3v) is 5.05. The number of H-pyrrole nitrogens is 1. The Balaban J connectivity index is 1.84. The first-order chi connectivity index (χ1) is 9.12. The number of nitrogens with two attached hydrogens (primary N) is 1. The Kier molecular flexibility index (Phi) is 2.79. The van der Waals surface area contributed by atoms with E-state index in [4.69, 9.17) is 11.0 Å². The van der Waals surface area contributed by atoms with Crippen LogP contribution in [0.25, 0.3) is 11.0 Å². The molecular formula is C13H14N4OS. The SMILES string of the molecule is N#CCC1(CS(=O)c2nc3ccc(N)cc3[nH]2)CC1. The molecule has 0 amide bonds. The largest absolute Gasteiger partial charge is 0.399 e. The predicted octanol–water partition coefficient (Wildman–Crippen LogP) is 1.95. The van der Waals surface area contributed by atoms with Crippen molar-refractivity contribution in [1.29, 1.82) is 5.26 Å². The number of nitrogens with zero attached hydrogens (tertiary/aromatic N) is 2. The summed E-state index contributed by atoms with van der Waals surface area (Å²) < 4.78 is 12.3. The molecule has 98 valence electrons. The Bertz CT molecular complexity index is 696. The molecule has 1 unspecified atom stereocenters. The number of aromatic nitrogens is 2. The standard InChI is InChI=1S/C13H14N4OS/c14-6-5-13(3-4-13)8-19(18)12-16-10-2-1-9(15)7-11(10)17-12/h1-2,7H,3-5,8,15H2,(H,16,17). The fourth-order valence-electron chi connectivity index (χ4n) is 2.17. The molecule has 0 spiro atoms.